The summed E-state index contributed by atoms with van der Waals surface area (Å²) in [4.78, 5) is 26.7. The third-order valence-electron chi connectivity index (χ3n) is 4.96. The van der Waals surface area contributed by atoms with Gasteiger partial charge in [0, 0.05) is 32.4 Å². The molecule has 7 heteroatoms. The lowest BCUT2D eigenvalue weighted by atomic mass is 10.1. The van der Waals surface area contributed by atoms with Crippen molar-refractivity contribution in [3.63, 3.8) is 0 Å². The lowest BCUT2D eigenvalue weighted by Crippen LogP contribution is -2.49. The van der Waals surface area contributed by atoms with Gasteiger partial charge in [0.25, 0.3) is 0 Å². The number of aromatic nitrogens is 2. The monoisotopic (exact) mass is 396 g/mol. The third-order valence-corrected chi connectivity index (χ3v) is 6.00. The molecule has 1 aromatic carbocycles. The molecule has 1 aliphatic heterocycles. The van der Waals surface area contributed by atoms with Crippen molar-refractivity contribution in [1.29, 1.82) is 0 Å². The number of carbonyl (C=O) groups is 1. The fourth-order valence-corrected chi connectivity index (χ4v) is 4.37. The summed E-state index contributed by atoms with van der Waals surface area (Å²) in [5, 5.41) is 0.985. The van der Waals surface area contributed by atoms with E-state index >= 15 is 0 Å². The van der Waals surface area contributed by atoms with Crippen LogP contribution >= 0.6 is 11.3 Å². The number of benzene rings is 1. The molecular weight excluding hydrogens is 372 g/mol. The van der Waals surface area contributed by atoms with Gasteiger partial charge in [-0.25, -0.2) is 9.97 Å². The van der Waals surface area contributed by atoms with Crippen LogP contribution in [0, 0.1) is 13.8 Å². The summed E-state index contributed by atoms with van der Waals surface area (Å²) in [5.74, 6) is 1.00. The molecule has 1 fully saturated rings. The predicted octanol–water partition coefficient (Wildman–Crippen LogP) is 3.43. The molecule has 146 valence electrons. The summed E-state index contributed by atoms with van der Waals surface area (Å²) >= 11 is 1.61. The molecule has 0 unspecified atom stereocenters. The molecule has 4 rings (SSSR count). The smallest absolute Gasteiger partial charge is 0.226 e. The minimum atomic E-state index is 0.149. The average Bonchev–Trinajstić information content (AvgIpc) is 3.14. The van der Waals surface area contributed by atoms with Crippen molar-refractivity contribution in [1.82, 2.24) is 14.9 Å². The van der Waals surface area contributed by atoms with E-state index in [-0.39, 0.29) is 5.91 Å². The number of piperazine rings is 1. The van der Waals surface area contributed by atoms with Gasteiger partial charge in [-0.3, -0.25) is 4.79 Å². The average molecular weight is 397 g/mol. The van der Waals surface area contributed by atoms with Crippen LogP contribution in [0.1, 0.15) is 17.5 Å². The van der Waals surface area contributed by atoms with Crippen LogP contribution in [-0.4, -0.2) is 53.6 Å². The number of hydrogen-bond acceptors (Lipinski definition) is 6. The molecule has 0 saturated carbocycles. The maximum atomic E-state index is 12.5. The number of amides is 1. The molecule has 0 radical (unpaired) electrons. The number of nitrogens with zero attached hydrogens (tertiary/aromatic N) is 4. The number of aryl methyl sites for hydroxylation is 2. The summed E-state index contributed by atoms with van der Waals surface area (Å²) < 4.78 is 5.80. The number of thiazole rings is 1. The van der Waals surface area contributed by atoms with E-state index in [1.165, 1.54) is 5.56 Å². The lowest BCUT2D eigenvalue weighted by molar-refractivity contribution is -0.132. The Morgan fingerprint density at radius 2 is 2.00 bits per heavy atom. The number of carbonyl (C=O) groups excluding carboxylic acids is 1. The molecule has 3 aromatic rings. The molecule has 0 N–H and O–H groups in total. The molecule has 0 bridgehead atoms. The van der Waals surface area contributed by atoms with Gasteiger partial charge in [0.2, 0.25) is 5.91 Å². The summed E-state index contributed by atoms with van der Waals surface area (Å²) in [5.41, 5.74) is 3.25. The molecule has 1 aliphatic rings. The predicted molar refractivity (Wildman–Crippen MR) is 112 cm³/mol. The fourth-order valence-electron chi connectivity index (χ4n) is 3.41. The zero-order valence-corrected chi connectivity index (χ0v) is 17.0. The molecule has 3 heterocycles. The van der Waals surface area contributed by atoms with Crippen LogP contribution in [0.2, 0.25) is 0 Å². The van der Waals surface area contributed by atoms with E-state index in [1.54, 1.807) is 17.5 Å². The molecular formula is C21H24N4O2S. The Morgan fingerprint density at radius 3 is 2.75 bits per heavy atom. The molecule has 0 atom stereocenters. The van der Waals surface area contributed by atoms with Crippen LogP contribution in [0.3, 0.4) is 0 Å². The normalized spacial score (nSPS) is 14.5. The maximum absolute atomic E-state index is 12.5. The highest BCUT2D eigenvalue weighted by atomic mass is 32.1. The van der Waals surface area contributed by atoms with Gasteiger partial charge in [-0.2, -0.15) is 0 Å². The Labute approximate surface area is 168 Å². The molecule has 28 heavy (non-hydrogen) atoms. The maximum Gasteiger partial charge on any atom is 0.226 e. The second kappa shape index (κ2) is 8.14. The minimum Gasteiger partial charge on any atom is -0.493 e. The van der Waals surface area contributed by atoms with Crippen molar-refractivity contribution in [3.05, 3.63) is 47.7 Å². The van der Waals surface area contributed by atoms with E-state index in [4.69, 9.17) is 4.74 Å². The highest BCUT2D eigenvalue weighted by molar-refractivity contribution is 7.21. The van der Waals surface area contributed by atoms with Crippen LogP contribution in [0.4, 0.5) is 5.13 Å². The Hall–Kier alpha value is -2.67. The van der Waals surface area contributed by atoms with Crippen molar-refractivity contribution in [2.75, 3.05) is 37.7 Å². The Balaban J connectivity index is 1.26. The summed E-state index contributed by atoms with van der Waals surface area (Å²) in [6, 6.07) is 9.98. The van der Waals surface area contributed by atoms with Crippen LogP contribution in [0.5, 0.6) is 5.75 Å². The van der Waals surface area contributed by atoms with Crippen molar-refractivity contribution < 1.29 is 9.53 Å². The Kier molecular flexibility index (Phi) is 5.43. The molecule has 6 nitrogen and oxygen atoms in total. The van der Waals surface area contributed by atoms with E-state index in [2.05, 4.69) is 27.9 Å². The van der Waals surface area contributed by atoms with Crippen LogP contribution in [0.15, 0.2) is 36.5 Å². The highest BCUT2D eigenvalue weighted by Crippen LogP contribution is 2.27. The first-order valence-electron chi connectivity index (χ1n) is 9.54. The Bertz CT molecular complexity index is 946. The van der Waals surface area contributed by atoms with Gasteiger partial charge in [0.05, 0.1) is 13.0 Å². The number of ether oxygens (including phenoxy) is 1. The summed E-state index contributed by atoms with van der Waals surface area (Å²) in [7, 11) is 0. The number of rotatable bonds is 5. The number of pyridine rings is 1. The van der Waals surface area contributed by atoms with Gasteiger partial charge in [-0.1, -0.05) is 29.0 Å². The molecule has 2 aromatic heterocycles. The van der Waals surface area contributed by atoms with Crippen molar-refractivity contribution in [2.45, 2.75) is 20.3 Å². The fraction of sp³-hybridized carbons (Fsp3) is 0.381. The second-order valence-corrected chi connectivity index (χ2v) is 8.02. The van der Waals surface area contributed by atoms with E-state index < -0.39 is 0 Å². The largest absolute Gasteiger partial charge is 0.493 e. The summed E-state index contributed by atoms with van der Waals surface area (Å²) in [6.07, 6.45) is 2.19. The highest BCUT2D eigenvalue weighted by Gasteiger charge is 2.23. The number of anilines is 1. The molecule has 0 aliphatic carbocycles. The van der Waals surface area contributed by atoms with Gasteiger partial charge in [0.1, 0.15) is 16.1 Å². The molecule has 1 saturated heterocycles. The van der Waals surface area contributed by atoms with Gasteiger partial charge in [-0.15, -0.1) is 0 Å². The van der Waals surface area contributed by atoms with Crippen LogP contribution in [0.25, 0.3) is 10.3 Å². The summed E-state index contributed by atoms with van der Waals surface area (Å²) in [6.45, 7) is 7.52. The van der Waals surface area contributed by atoms with E-state index in [0.717, 1.165) is 39.9 Å². The van der Waals surface area contributed by atoms with Gasteiger partial charge in [-0.05, 0) is 37.6 Å². The SMILES string of the molecule is Cc1ccc(OCCC(=O)N2CCN(c3nc4cccnc4s3)CC2)c(C)c1. The van der Waals surface area contributed by atoms with Crippen molar-refractivity contribution in [3.8, 4) is 5.75 Å². The van der Waals surface area contributed by atoms with Crippen LogP contribution in [-0.2, 0) is 4.79 Å². The van der Waals surface area contributed by atoms with Gasteiger partial charge in [0.15, 0.2) is 5.13 Å². The zero-order valence-electron chi connectivity index (χ0n) is 16.2. The number of hydrogen-bond donors (Lipinski definition) is 0. The molecule has 0 spiro atoms. The first-order valence-corrected chi connectivity index (χ1v) is 10.4. The van der Waals surface area contributed by atoms with Gasteiger partial charge < -0.3 is 14.5 Å². The number of fused-ring (bicyclic) bond motifs is 1. The minimum absolute atomic E-state index is 0.149. The van der Waals surface area contributed by atoms with Crippen molar-refractivity contribution >= 4 is 32.7 Å². The van der Waals surface area contributed by atoms with E-state index in [0.29, 0.717) is 26.1 Å². The standard InChI is InChI=1S/C21H24N4O2S/c1-15-5-6-18(16(2)14-15)27-13-7-19(26)24-9-11-25(12-10-24)21-23-17-4-3-8-22-20(17)28-21/h3-6,8,14H,7,9-13H2,1-2H3. The first kappa shape index (κ1) is 18.7. The van der Waals surface area contributed by atoms with Crippen molar-refractivity contribution in [2.24, 2.45) is 0 Å². The zero-order chi connectivity index (χ0) is 19.5. The lowest BCUT2D eigenvalue weighted by Gasteiger charge is -2.34. The van der Waals surface area contributed by atoms with Gasteiger partial charge >= 0.3 is 0 Å². The topological polar surface area (TPSA) is 58.6 Å². The molecule has 1 amide bonds. The van der Waals surface area contributed by atoms with E-state index in [1.807, 2.05) is 36.1 Å². The first-order chi connectivity index (χ1) is 13.6. The van der Waals surface area contributed by atoms with E-state index in [9.17, 15) is 4.79 Å². The Morgan fingerprint density at radius 1 is 1.18 bits per heavy atom. The quantitative estimate of drug-likeness (QED) is 0.661. The second-order valence-electron chi connectivity index (χ2n) is 7.06. The van der Waals surface area contributed by atoms with Crippen LogP contribution < -0.4 is 9.64 Å². The third kappa shape index (κ3) is 4.09.